The molecule has 0 atom stereocenters. The van der Waals surface area contributed by atoms with Crippen LogP contribution in [0.25, 0.3) is 11.1 Å². The molecule has 0 aliphatic carbocycles. The number of carbonyl (C=O) groups is 1. The Kier molecular flexibility index (Phi) is 4.46. The summed E-state index contributed by atoms with van der Waals surface area (Å²) in [5.41, 5.74) is 2.18. The molecule has 0 unspecified atom stereocenters. The predicted molar refractivity (Wildman–Crippen MR) is 95.6 cm³/mol. The third kappa shape index (κ3) is 2.96. The van der Waals surface area contributed by atoms with Crippen LogP contribution >= 0.6 is 0 Å². The molecule has 0 radical (unpaired) electrons. The van der Waals surface area contributed by atoms with Gasteiger partial charge in [0.2, 0.25) is 0 Å². The number of hydrogen-bond donors (Lipinski definition) is 0. The van der Waals surface area contributed by atoms with E-state index in [0.717, 1.165) is 9.54 Å². The Balaban J connectivity index is 2.18. The minimum absolute atomic E-state index is 0.0603. The molecule has 3 rings (SSSR count). The summed E-state index contributed by atoms with van der Waals surface area (Å²) in [5, 5.41) is 0. The van der Waals surface area contributed by atoms with E-state index in [2.05, 4.69) is 0 Å². The Morgan fingerprint density at radius 3 is 2.28 bits per heavy atom. The Hall–Kier alpha value is -2.86. The van der Waals surface area contributed by atoms with Gasteiger partial charge in [0.1, 0.15) is 11.4 Å². The molecule has 0 spiro atoms. The molecule has 0 saturated carbocycles. The van der Waals surface area contributed by atoms with Crippen molar-refractivity contribution in [2.75, 3.05) is 7.11 Å². The van der Waals surface area contributed by atoms with Gasteiger partial charge in [-0.1, -0.05) is 35.9 Å². The number of rotatable bonds is 5. The highest BCUT2D eigenvalue weighted by molar-refractivity contribution is 7.90. The topological polar surface area (TPSA) is 65.4 Å². The van der Waals surface area contributed by atoms with Gasteiger partial charge in [-0.15, -0.1) is 0 Å². The standard InChI is InChI=1S/C19H17NO4S/c1-14-7-9-15(10-8-14)25(22,23)20-12-11-16(18(20)13-21)17-5-3-4-6-19(17)24-2/h3-13H,1-2H3. The molecule has 0 fully saturated rings. The molecule has 0 aliphatic rings. The van der Waals surface area contributed by atoms with Crippen LogP contribution in [0.2, 0.25) is 0 Å². The molecule has 1 aromatic heterocycles. The average Bonchev–Trinajstić information content (AvgIpc) is 3.06. The first-order valence-electron chi connectivity index (χ1n) is 7.61. The van der Waals surface area contributed by atoms with Gasteiger partial charge in [-0.05, 0) is 31.2 Å². The van der Waals surface area contributed by atoms with Crippen LogP contribution in [0.4, 0.5) is 0 Å². The van der Waals surface area contributed by atoms with Gasteiger partial charge >= 0.3 is 0 Å². The van der Waals surface area contributed by atoms with Crippen LogP contribution in [0.1, 0.15) is 16.1 Å². The summed E-state index contributed by atoms with van der Waals surface area (Å²) < 4.78 is 32.1. The van der Waals surface area contributed by atoms with Gasteiger partial charge in [0.05, 0.1) is 12.0 Å². The van der Waals surface area contributed by atoms with Gasteiger partial charge in [-0.25, -0.2) is 12.4 Å². The number of methoxy groups -OCH3 is 1. The zero-order valence-electron chi connectivity index (χ0n) is 13.8. The Morgan fingerprint density at radius 2 is 1.64 bits per heavy atom. The number of aromatic nitrogens is 1. The summed E-state index contributed by atoms with van der Waals surface area (Å²) in [4.78, 5) is 11.8. The molecule has 0 saturated heterocycles. The van der Waals surface area contributed by atoms with Crippen molar-refractivity contribution in [2.24, 2.45) is 0 Å². The van der Waals surface area contributed by atoms with Crippen LogP contribution in [0.15, 0.2) is 65.7 Å². The van der Waals surface area contributed by atoms with E-state index in [9.17, 15) is 13.2 Å². The van der Waals surface area contributed by atoms with Crippen LogP contribution in [0.3, 0.4) is 0 Å². The summed E-state index contributed by atoms with van der Waals surface area (Å²) in [6.45, 7) is 1.88. The maximum absolute atomic E-state index is 12.9. The van der Waals surface area contributed by atoms with Crippen molar-refractivity contribution in [3.8, 4) is 16.9 Å². The van der Waals surface area contributed by atoms with E-state index < -0.39 is 10.0 Å². The number of aryl methyl sites for hydroxylation is 1. The van der Waals surface area contributed by atoms with Gasteiger partial charge in [0.25, 0.3) is 10.0 Å². The summed E-state index contributed by atoms with van der Waals surface area (Å²) in [6.07, 6.45) is 1.94. The Bertz CT molecular complexity index is 1020. The molecule has 5 nitrogen and oxygen atoms in total. The van der Waals surface area contributed by atoms with Crippen molar-refractivity contribution in [3.05, 3.63) is 72.1 Å². The summed E-state index contributed by atoms with van der Waals surface area (Å²) >= 11 is 0. The SMILES string of the molecule is COc1ccccc1-c1ccn(S(=O)(=O)c2ccc(C)cc2)c1C=O. The van der Waals surface area contributed by atoms with E-state index in [1.807, 2.05) is 13.0 Å². The fourth-order valence-electron chi connectivity index (χ4n) is 2.67. The first-order valence-corrected chi connectivity index (χ1v) is 9.05. The van der Waals surface area contributed by atoms with E-state index in [4.69, 9.17) is 4.74 Å². The number of aldehydes is 1. The van der Waals surface area contributed by atoms with Gasteiger partial charge in [-0.2, -0.15) is 0 Å². The summed E-state index contributed by atoms with van der Waals surface area (Å²) in [7, 11) is -2.33. The van der Waals surface area contributed by atoms with Crippen molar-refractivity contribution < 1.29 is 17.9 Å². The molecular weight excluding hydrogens is 338 g/mol. The molecule has 128 valence electrons. The van der Waals surface area contributed by atoms with E-state index in [1.165, 1.54) is 25.4 Å². The van der Waals surface area contributed by atoms with Crippen LogP contribution in [0, 0.1) is 6.92 Å². The average molecular weight is 355 g/mol. The van der Waals surface area contributed by atoms with Crippen LogP contribution in [-0.2, 0) is 10.0 Å². The third-order valence-corrected chi connectivity index (χ3v) is 5.68. The van der Waals surface area contributed by atoms with Gasteiger partial charge < -0.3 is 4.74 Å². The summed E-state index contributed by atoms with van der Waals surface area (Å²) in [5.74, 6) is 0.566. The molecule has 0 bridgehead atoms. The maximum Gasteiger partial charge on any atom is 0.268 e. The van der Waals surface area contributed by atoms with E-state index in [1.54, 1.807) is 36.4 Å². The third-order valence-electron chi connectivity index (χ3n) is 3.98. The van der Waals surface area contributed by atoms with E-state index in [0.29, 0.717) is 23.2 Å². The highest BCUT2D eigenvalue weighted by Gasteiger charge is 2.23. The second-order valence-corrected chi connectivity index (χ2v) is 7.36. The Morgan fingerprint density at radius 1 is 0.960 bits per heavy atom. The zero-order chi connectivity index (χ0) is 18.0. The smallest absolute Gasteiger partial charge is 0.268 e. The lowest BCUT2D eigenvalue weighted by Crippen LogP contribution is -2.15. The molecule has 2 aromatic carbocycles. The molecule has 25 heavy (non-hydrogen) atoms. The maximum atomic E-state index is 12.9. The minimum Gasteiger partial charge on any atom is -0.496 e. The number of ether oxygens (including phenoxy) is 1. The van der Waals surface area contributed by atoms with Crippen molar-refractivity contribution in [1.29, 1.82) is 0 Å². The second-order valence-electron chi connectivity index (χ2n) is 5.55. The monoisotopic (exact) mass is 355 g/mol. The molecule has 0 N–H and O–H groups in total. The second kappa shape index (κ2) is 6.57. The van der Waals surface area contributed by atoms with Crippen LogP contribution in [-0.4, -0.2) is 25.8 Å². The van der Waals surface area contributed by atoms with Gasteiger partial charge in [0, 0.05) is 17.3 Å². The first-order chi connectivity index (χ1) is 12.0. The largest absolute Gasteiger partial charge is 0.496 e. The van der Waals surface area contributed by atoms with Crippen molar-refractivity contribution in [1.82, 2.24) is 3.97 Å². The molecular formula is C19H17NO4S. The fourth-order valence-corrected chi connectivity index (χ4v) is 4.00. The highest BCUT2D eigenvalue weighted by atomic mass is 32.2. The fraction of sp³-hybridized carbons (Fsp3) is 0.105. The molecule has 1 heterocycles. The first kappa shape index (κ1) is 17.0. The predicted octanol–water partition coefficient (Wildman–Crippen LogP) is 3.52. The van der Waals surface area contributed by atoms with Gasteiger partial charge in [0.15, 0.2) is 6.29 Å². The molecule has 0 aliphatic heterocycles. The van der Waals surface area contributed by atoms with Crippen molar-refractivity contribution in [2.45, 2.75) is 11.8 Å². The highest BCUT2D eigenvalue weighted by Crippen LogP contribution is 2.33. The summed E-state index contributed by atoms with van der Waals surface area (Å²) in [6, 6.07) is 15.3. The molecule has 0 amide bonds. The lowest BCUT2D eigenvalue weighted by Gasteiger charge is -2.10. The molecule has 3 aromatic rings. The molecule has 6 heteroatoms. The van der Waals surface area contributed by atoms with E-state index >= 15 is 0 Å². The minimum atomic E-state index is -3.86. The Labute approximate surface area is 146 Å². The van der Waals surface area contributed by atoms with Crippen molar-refractivity contribution in [3.63, 3.8) is 0 Å². The lowest BCUT2D eigenvalue weighted by atomic mass is 10.1. The lowest BCUT2D eigenvalue weighted by molar-refractivity contribution is 0.111. The van der Waals surface area contributed by atoms with Crippen LogP contribution in [0.5, 0.6) is 5.75 Å². The van der Waals surface area contributed by atoms with E-state index in [-0.39, 0.29) is 10.6 Å². The quantitative estimate of drug-likeness (QED) is 0.657. The number of para-hydroxylation sites is 1. The number of benzene rings is 2. The van der Waals surface area contributed by atoms with Crippen LogP contribution < -0.4 is 4.74 Å². The van der Waals surface area contributed by atoms with Crippen molar-refractivity contribution >= 4 is 16.3 Å². The van der Waals surface area contributed by atoms with Gasteiger partial charge in [-0.3, -0.25) is 4.79 Å². The number of hydrogen-bond acceptors (Lipinski definition) is 4. The zero-order valence-corrected chi connectivity index (χ0v) is 14.7. The normalized spacial score (nSPS) is 11.3. The number of nitrogens with zero attached hydrogens (tertiary/aromatic N) is 1. The number of carbonyl (C=O) groups excluding carboxylic acids is 1.